The van der Waals surface area contributed by atoms with Crippen molar-refractivity contribution in [3.63, 3.8) is 0 Å². The molecule has 3 rings (SSSR count). The third-order valence-corrected chi connectivity index (χ3v) is 5.15. The first-order valence-electron chi connectivity index (χ1n) is 10.1. The average Bonchev–Trinajstić information content (AvgIpc) is 3.53. The van der Waals surface area contributed by atoms with Crippen LogP contribution in [0.25, 0.3) is 10.9 Å². The number of benzene rings is 1. The van der Waals surface area contributed by atoms with Crippen LogP contribution in [-0.4, -0.2) is 29.7 Å². The van der Waals surface area contributed by atoms with Crippen molar-refractivity contribution in [2.45, 2.75) is 58.5 Å². The van der Waals surface area contributed by atoms with Crippen molar-refractivity contribution in [2.24, 2.45) is 5.92 Å². The number of unbranched alkanes of at least 4 members (excludes halogenated alkanes) is 1. The summed E-state index contributed by atoms with van der Waals surface area (Å²) in [6, 6.07) is 7.63. The van der Waals surface area contributed by atoms with Gasteiger partial charge in [0.15, 0.2) is 0 Å². The molecule has 1 atom stereocenters. The number of fused-ring (bicyclic) bond motifs is 1. The van der Waals surface area contributed by atoms with E-state index in [1.807, 2.05) is 31.2 Å². The van der Waals surface area contributed by atoms with Crippen LogP contribution >= 0.6 is 0 Å². The molecule has 1 fully saturated rings. The van der Waals surface area contributed by atoms with Gasteiger partial charge < -0.3 is 14.8 Å². The van der Waals surface area contributed by atoms with Gasteiger partial charge in [-0.3, -0.25) is 9.78 Å². The molecule has 5 nitrogen and oxygen atoms in total. The summed E-state index contributed by atoms with van der Waals surface area (Å²) in [5, 5.41) is 3.97. The van der Waals surface area contributed by atoms with Crippen LogP contribution in [0.4, 0.5) is 5.69 Å². The van der Waals surface area contributed by atoms with Gasteiger partial charge in [-0.25, -0.2) is 0 Å². The molecule has 1 aromatic heterocycles. The summed E-state index contributed by atoms with van der Waals surface area (Å²) >= 11 is 0. The number of carbonyl (C=O) groups is 1. The van der Waals surface area contributed by atoms with Gasteiger partial charge in [0.2, 0.25) is 0 Å². The van der Waals surface area contributed by atoms with Crippen LogP contribution in [0.5, 0.6) is 5.75 Å². The second-order valence-corrected chi connectivity index (χ2v) is 7.40. The van der Waals surface area contributed by atoms with E-state index in [-0.39, 0.29) is 5.91 Å². The van der Waals surface area contributed by atoms with Gasteiger partial charge in [0.05, 0.1) is 12.3 Å². The monoisotopic (exact) mass is 370 g/mol. The fourth-order valence-corrected chi connectivity index (χ4v) is 3.26. The first kappa shape index (κ1) is 19.6. The van der Waals surface area contributed by atoms with Crippen LogP contribution in [-0.2, 0) is 9.53 Å². The third-order valence-electron chi connectivity index (χ3n) is 5.15. The number of aromatic nitrogens is 1. The molecule has 1 heterocycles. The summed E-state index contributed by atoms with van der Waals surface area (Å²) in [4.78, 5) is 17.6. The highest BCUT2D eigenvalue weighted by molar-refractivity contribution is 6.05. The highest BCUT2D eigenvalue weighted by Gasteiger charge is 2.48. The molecule has 0 unspecified atom stereocenters. The third kappa shape index (κ3) is 4.41. The SMILES string of the molecule is CCCCOc1ccc(NC(=O)[C@](C)(OCCC)C2CC2)c2cccnc12. The highest BCUT2D eigenvalue weighted by atomic mass is 16.5. The van der Waals surface area contributed by atoms with Crippen molar-refractivity contribution in [1.29, 1.82) is 0 Å². The number of amides is 1. The first-order valence-corrected chi connectivity index (χ1v) is 10.1. The molecule has 0 radical (unpaired) electrons. The van der Waals surface area contributed by atoms with Crippen LogP contribution in [0.15, 0.2) is 30.5 Å². The molecule has 1 saturated carbocycles. The van der Waals surface area contributed by atoms with Crippen molar-refractivity contribution >= 4 is 22.5 Å². The zero-order chi connectivity index (χ0) is 19.3. The van der Waals surface area contributed by atoms with Gasteiger partial charge >= 0.3 is 0 Å². The van der Waals surface area contributed by atoms with Gasteiger partial charge in [-0.15, -0.1) is 0 Å². The predicted octanol–water partition coefficient (Wildman–Crippen LogP) is 4.95. The number of nitrogens with one attached hydrogen (secondary N) is 1. The Balaban J connectivity index is 1.84. The Bertz CT molecular complexity index is 788. The highest BCUT2D eigenvalue weighted by Crippen LogP contribution is 2.43. The number of anilines is 1. The minimum atomic E-state index is -0.777. The van der Waals surface area contributed by atoms with E-state index in [1.165, 1.54) is 0 Å². The molecule has 27 heavy (non-hydrogen) atoms. The maximum absolute atomic E-state index is 13.1. The zero-order valence-electron chi connectivity index (χ0n) is 16.6. The quantitative estimate of drug-likeness (QED) is 0.601. The summed E-state index contributed by atoms with van der Waals surface area (Å²) in [5.74, 6) is 0.970. The minimum absolute atomic E-state index is 0.0803. The van der Waals surface area contributed by atoms with Crippen LogP contribution in [0.1, 0.15) is 52.9 Å². The Morgan fingerprint density at radius 1 is 1.22 bits per heavy atom. The van der Waals surface area contributed by atoms with Crippen molar-refractivity contribution in [3.8, 4) is 5.75 Å². The number of carbonyl (C=O) groups excluding carboxylic acids is 1. The van der Waals surface area contributed by atoms with Gasteiger partial charge in [-0.2, -0.15) is 0 Å². The fraction of sp³-hybridized carbons (Fsp3) is 0.545. The standard InChI is InChI=1S/C22H30N2O3/c1-4-6-15-26-19-12-11-18(17-8-7-13-23-20(17)19)24-21(25)22(3,16-9-10-16)27-14-5-2/h7-8,11-13,16H,4-6,9-10,14-15H2,1-3H3,(H,24,25)/t22-/m1/s1. The molecular formula is C22H30N2O3. The molecule has 0 bridgehead atoms. The summed E-state index contributed by atoms with van der Waals surface area (Å²) in [5.41, 5.74) is 0.743. The van der Waals surface area contributed by atoms with Crippen molar-refractivity contribution in [3.05, 3.63) is 30.5 Å². The lowest BCUT2D eigenvalue weighted by molar-refractivity contribution is -0.142. The van der Waals surface area contributed by atoms with Crippen LogP contribution in [0.2, 0.25) is 0 Å². The Morgan fingerprint density at radius 3 is 2.74 bits per heavy atom. The van der Waals surface area contributed by atoms with E-state index in [1.54, 1.807) is 6.20 Å². The second kappa shape index (κ2) is 8.70. The number of rotatable bonds is 10. The number of pyridine rings is 1. The molecule has 1 aliphatic rings. The molecule has 146 valence electrons. The molecule has 1 N–H and O–H groups in total. The van der Waals surface area contributed by atoms with E-state index in [0.717, 1.165) is 54.4 Å². The van der Waals surface area contributed by atoms with Crippen molar-refractivity contribution in [1.82, 2.24) is 4.98 Å². The average molecular weight is 370 g/mol. The largest absolute Gasteiger partial charge is 0.491 e. The molecule has 2 aromatic rings. The Hall–Kier alpha value is -2.14. The molecule has 1 aliphatic carbocycles. The molecule has 5 heteroatoms. The Morgan fingerprint density at radius 2 is 2.04 bits per heavy atom. The van der Waals surface area contributed by atoms with Gasteiger partial charge in [-0.1, -0.05) is 20.3 Å². The van der Waals surface area contributed by atoms with E-state index in [2.05, 4.69) is 24.1 Å². The van der Waals surface area contributed by atoms with Crippen molar-refractivity contribution in [2.75, 3.05) is 18.5 Å². The predicted molar refractivity (Wildman–Crippen MR) is 108 cm³/mol. The van der Waals surface area contributed by atoms with Gasteiger partial charge in [-0.05, 0) is 62.8 Å². The summed E-state index contributed by atoms with van der Waals surface area (Å²) in [6.07, 6.45) is 6.81. The lowest BCUT2D eigenvalue weighted by Gasteiger charge is -2.29. The molecular weight excluding hydrogens is 340 g/mol. The van der Waals surface area contributed by atoms with Gasteiger partial charge in [0.1, 0.15) is 16.9 Å². The molecule has 1 aromatic carbocycles. The Kier molecular flexibility index (Phi) is 6.32. The number of hydrogen-bond acceptors (Lipinski definition) is 4. The molecule has 0 saturated heterocycles. The number of hydrogen-bond donors (Lipinski definition) is 1. The van der Waals surface area contributed by atoms with Crippen molar-refractivity contribution < 1.29 is 14.3 Å². The van der Waals surface area contributed by atoms with Gasteiger partial charge in [0, 0.05) is 18.2 Å². The smallest absolute Gasteiger partial charge is 0.256 e. The lowest BCUT2D eigenvalue weighted by Crippen LogP contribution is -2.45. The number of ether oxygens (including phenoxy) is 2. The maximum Gasteiger partial charge on any atom is 0.256 e. The van der Waals surface area contributed by atoms with Gasteiger partial charge in [0.25, 0.3) is 5.91 Å². The first-order chi connectivity index (χ1) is 13.1. The van der Waals surface area contributed by atoms with Crippen LogP contribution in [0.3, 0.4) is 0 Å². The fourth-order valence-electron chi connectivity index (χ4n) is 3.26. The summed E-state index contributed by atoms with van der Waals surface area (Å²) < 4.78 is 11.9. The molecule has 1 amide bonds. The summed E-state index contributed by atoms with van der Waals surface area (Å²) in [6.45, 7) is 7.36. The van der Waals surface area contributed by atoms with Crippen LogP contribution < -0.4 is 10.1 Å². The zero-order valence-corrected chi connectivity index (χ0v) is 16.6. The van der Waals surface area contributed by atoms with E-state index in [9.17, 15) is 4.79 Å². The number of nitrogens with zero attached hydrogens (tertiary/aromatic N) is 1. The minimum Gasteiger partial charge on any atom is -0.491 e. The second-order valence-electron chi connectivity index (χ2n) is 7.40. The van der Waals surface area contributed by atoms with Crippen LogP contribution in [0, 0.1) is 5.92 Å². The normalized spacial score (nSPS) is 16.1. The van der Waals surface area contributed by atoms with E-state index >= 15 is 0 Å². The van der Waals surface area contributed by atoms with E-state index < -0.39 is 5.60 Å². The summed E-state index contributed by atoms with van der Waals surface area (Å²) in [7, 11) is 0. The lowest BCUT2D eigenvalue weighted by atomic mass is 9.98. The molecule has 0 spiro atoms. The van der Waals surface area contributed by atoms with E-state index in [0.29, 0.717) is 19.1 Å². The Labute approximate surface area is 161 Å². The molecule has 0 aliphatic heterocycles. The maximum atomic E-state index is 13.1. The topological polar surface area (TPSA) is 60.5 Å². The van der Waals surface area contributed by atoms with E-state index in [4.69, 9.17) is 9.47 Å².